The molecule has 8 aliphatic heterocycles. The Bertz CT molecular complexity index is 5720. The zero-order chi connectivity index (χ0) is 86.9. The Labute approximate surface area is 714 Å². The van der Waals surface area contributed by atoms with E-state index >= 15 is 0 Å². The molecule has 642 valence electrons. The first kappa shape index (κ1) is 86.2. The molecule has 12 N–H and O–H groups in total. The van der Waals surface area contributed by atoms with Gasteiger partial charge in [-0.1, -0.05) is 60.7 Å². The lowest BCUT2D eigenvalue weighted by molar-refractivity contribution is -0.153. The Morgan fingerprint density at radius 1 is 0.419 bits per heavy atom. The number of fused-ring (bicyclic) bond motifs is 12. The van der Waals surface area contributed by atoms with E-state index in [2.05, 4.69) is 128 Å². The van der Waals surface area contributed by atoms with Crippen molar-refractivity contribution in [3.8, 4) is 0 Å². The number of esters is 3. The number of piperidine rings is 4. The van der Waals surface area contributed by atoms with E-state index in [4.69, 9.17) is 14.6 Å². The second kappa shape index (κ2) is 40.0. The topological polar surface area (TPSA) is 419 Å². The van der Waals surface area contributed by atoms with Crippen molar-refractivity contribution in [2.45, 2.75) is 96.8 Å². The fraction of sp³-hybridized carbons (Fsp3) is 0.330. The number of carboxylic acid groups (broad SMARTS) is 1. The number of anilines is 1. The van der Waals surface area contributed by atoms with E-state index in [1.54, 1.807) is 61.5 Å². The van der Waals surface area contributed by atoms with E-state index in [9.17, 15) is 57.5 Å². The number of hydrazone groups is 1. The molecular weight excluding hydrogens is 1580 g/mol. The molecule has 1 unspecified atom stereocenters. The van der Waals surface area contributed by atoms with Gasteiger partial charge in [0.05, 0.1) is 43.2 Å². The average molecular weight is 1680 g/mol. The predicted octanol–water partition coefficient (Wildman–Crippen LogP) is 10.7. The van der Waals surface area contributed by atoms with Crippen LogP contribution in [0.1, 0.15) is 185 Å². The van der Waals surface area contributed by atoms with Crippen LogP contribution >= 0.6 is 0 Å². The summed E-state index contributed by atoms with van der Waals surface area (Å²) in [5.74, 6) is -1.87. The number of ether oxygens (including phenoxy) is 3. The molecule has 12 heterocycles. The number of carbonyl (C=O) groups is 12. The number of methoxy groups -OCH3 is 2. The van der Waals surface area contributed by atoms with Crippen LogP contribution < -0.4 is 37.3 Å². The first-order valence-electron chi connectivity index (χ1n) is 42.1. The third kappa shape index (κ3) is 20.4. The van der Waals surface area contributed by atoms with E-state index in [0.717, 1.165) is 169 Å². The number of hydrogen-bond donors (Lipinski definition) is 12. The van der Waals surface area contributed by atoms with Gasteiger partial charge in [0.1, 0.15) is 34.4 Å². The number of carbonyl (C=O) groups excluding carboxylic acids is 11. The van der Waals surface area contributed by atoms with Crippen molar-refractivity contribution in [3.63, 3.8) is 0 Å². The lowest BCUT2D eigenvalue weighted by atomic mass is 9.90. The van der Waals surface area contributed by atoms with Crippen LogP contribution in [-0.4, -0.2) is 198 Å². The summed E-state index contributed by atoms with van der Waals surface area (Å²) in [7, 11) is 2.69. The van der Waals surface area contributed by atoms with Gasteiger partial charge in [-0.05, 0) is 239 Å². The molecule has 30 heteroatoms. The van der Waals surface area contributed by atoms with Gasteiger partial charge in [0.2, 0.25) is 5.91 Å². The second-order valence-electron chi connectivity index (χ2n) is 31.5. The van der Waals surface area contributed by atoms with Crippen molar-refractivity contribution < 1.29 is 76.9 Å². The van der Waals surface area contributed by atoms with E-state index < -0.39 is 17.9 Å². The lowest BCUT2D eigenvalue weighted by Crippen LogP contribution is -2.41. The first-order valence-corrected chi connectivity index (χ1v) is 42.1. The molecule has 30 nitrogen and oxygen atoms in total. The molecule has 1 atom stereocenters. The number of H-pyrrole nitrogens is 4. The quantitative estimate of drug-likeness (QED) is 0.0221. The minimum Gasteiger partial charge on any atom is -0.478 e. The minimum absolute atomic E-state index is 0.0594. The van der Waals surface area contributed by atoms with Crippen molar-refractivity contribution in [2.75, 3.05) is 91.7 Å². The maximum atomic E-state index is 13.1. The summed E-state index contributed by atoms with van der Waals surface area (Å²) < 4.78 is 14.1. The maximum Gasteiger partial charge on any atom is 0.337 e. The number of benzene rings is 7. The van der Waals surface area contributed by atoms with Gasteiger partial charge < -0.3 is 81.0 Å². The number of carboxylic acids is 1. The molecule has 124 heavy (non-hydrogen) atoms. The molecule has 8 aliphatic rings. The van der Waals surface area contributed by atoms with E-state index in [0.29, 0.717) is 127 Å². The molecule has 0 radical (unpaired) electrons. The summed E-state index contributed by atoms with van der Waals surface area (Å²) in [4.78, 5) is 157. The van der Waals surface area contributed by atoms with E-state index in [1.807, 2.05) is 46.2 Å². The van der Waals surface area contributed by atoms with Crippen LogP contribution in [0.15, 0.2) is 163 Å². The van der Waals surface area contributed by atoms with Crippen LogP contribution in [0.4, 0.5) is 5.69 Å². The van der Waals surface area contributed by atoms with Gasteiger partial charge in [0.25, 0.3) is 41.4 Å². The molecule has 4 aromatic heterocycles. The smallest absolute Gasteiger partial charge is 0.337 e. The van der Waals surface area contributed by atoms with E-state index in [-0.39, 0.29) is 64.8 Å². The normalized spacial score (nSPS) is 16.9. The Morgan fingerprint density at radius 3 is 1.19 bits per heavy atom. The molecule has 0 saturated carbocycles. The molecule has 0 spiro atoms. The number of likely N-dealkylation sites (tertiary alicyclic amines) is 2. The number of aromatic carboxylic acids is 1. The number of aromatic amines is 4. The van der Waals surface area contributed by atoms with Crippen LogP contribution in [0.2, 0.25) is 0 Å². The molecule has 7 aromatic carbocycles. The molecule has 11 aromatic rings. The minimum atomic E-state index is -0.956. The standard InChI is InChI=1S/2C24H25N3O2.C13H15N3O3.C13H12N2O3.C12H10N2O3.C8H13NO3/c2*28-23-22-19(8-11-25-23)20-15-18(6-7-21(20)26-22)24(29)27-12-9-17(10-13-27)14-16-4-2-1-3-5-16;1-19-13(18)9-4-6-10(7-5-9)15-16-11-3-2-8-14-12(11)17;1-18-13(17)7-2-3-10-9(6-7)8-4-5-14-12(16)11(8)15-10;15-11-10-7(3-4-13-11)8-5-6(12(16)17)1-2-9(8)14-10;1-2-12-8(11)6-4-3-5-9-7(6)10/h2*1-7,15,17,26H,8-14H2,(H,25,28);4-7,15H,2-3,8H2,1H3,(H,14,17);2-3,6,15H,4-5H2,1H3,(H,14,16);1-2,5,14H,3-4H2,(H,13,15)(H,16,17);6H,2-5H2,1H3,(H,9,10)/b;;16-11-;;;. The highest BCUT2D eigenvalue weighted by Crippen LogP contribution is 2.33. The molecule has 19 rings (SSSR count). The van der Waals surface area contributed by atoms with Crippen LogP contribution in [0, 0.1) is 17.8 Å². The predicted molar refractivity (Wildman–Crippen MR) is 467 cm³/mol. The summed E-state index contributed by atoms with van der Waals surface area (Å²) in [6.45, 7) is 9.19. The number of nitrogens with one attached hydrogen (secondary N) is 11. The van der Waals surface area contributed by atoms with Crippen LogP contribution in [0.3, 0.4) is 0 Å². The van der Waals surface area contributed by atoms with Gasteiger partial charge in [0.15, 0.2) is 0 Å². The van der Waals surface area contributed by atoms with Crippen LogP contribution in [0.5, 0.6) is 0 Å². The number of rotatable bonds is 13. The highest BCUT2D eigenvalue weighted by Gasteiger charge is 2.33. The molecule has 0 bridgehead atoms. The highest BCUT2D eigenvalue weighted by atomic mass is 16.5. The van der Waals surface area contributed by atoms with Crippen molar-refractivity contribution in [1.82, 2.24) is 61.6 Å². The zero-order valence-corrected chi connectivity index (χ0v) is 69.3. The average Bonchev–Trinajstić information content (AvgIpc) is 1.64. The van der Waals surface area contributed by atoms with Gasteiger partial charge in [-0.2, -0.15) is 5.10 Å². The number of amides is 8. The Kier molecular flexibility index (Phi) is 27.8. The highest BCUT2D eigenvalue weighted by molar-refractivity contribution is 6.39. The molecule has 8 amide bonds. The number of hydrogen-bond acceptors (Lipinski definition) is 17. The van der Waals surface area contributed by atoms with Gasteiger partial charge in [-0.25, -0.2) is 14.4 Å². The zero-order valence-electron chi connectivity index (χ0n) is 69.3. The van der Waals surface area contributed by atoms with E-state index in [1.165, 1.54) is 31.4 Å². The molecular formula is C94H100N14O16. The summed E-state index contributed by atoms with van der Waals surface area (Å²) in [6.07, 6.45) is 12.5. The number of aromatic nitrogens is 4. The third-order valence-corrected chi connectivity index (χ3v) is 23.5. The van der Waals surface area contributed by atoms with Gasteiger partial charge in [-0.3, -0.25) is 48.6 Å². The largest absolute Gasteiger partial charge is 0.478 e. The summed E-state index contributed by atoms with van der Waals surface area (Å²) >= 11 is 0. The van der Waals surface area contributed by atoms with Crippen molar-refractivity contribution in [3.05, 3.63) is 242 Å². The van der Waals surface area contributed by atoms with Gasteiger partial charge >= 0.3 is 23.9 Å². The van der Waals surface area contributed by atoms with Crippen molar-refractivity contribution in [1.29, 1.82) is 0 Å². The Hall–Kier alpha value is -14.2. The van der Waals surface area contributed by atoms with Gasteiger partial charge in [-0.15, -0.1) is 0 Å². The fourth-order valence-electron chi connectivity index (χ4n) is 16.9. The summed E-state index contributed by atoms with van der Waals surface area (Å²) in [5, 5.41) is 33.4. The molecule has 4 fully saturated rings. The third-order valence-electron chi connectivity index (χ3n) is 23.5. The van der Waals surface area contributed by atoms with Crippen molar-refractivity contribution in [2.24, 2.45) is 22.9 Å². The second-order valence-corrected chi connectivity index (χ2v) is 31.5. The lowest BCUT2D eigenvalue weighted by Gasteiger charge is -2.32. The maximum absolute atomic E-state index is 13.1. The van der Waals surface area contributed by atoms with Crippen LogP contribution in [-0.2, 0) is 67.1 Å². The SMILES string of the molecule is CCOC(=O)C1CCCNC1=O.COC(=O)c1ccc(N/N=C2/CCCNC2=O)cc1.COC(=O)c1ccc2[nH]c3c(c2c1)CCNC3=O.O=C(O)c1ccc2[nH]c3c(c2c1)CCNC3=O.O=C1NCCc2c1[nH]c1ccc(C(=O)N3CCC(Cc4ccccc4)CC3)cc21.O=C1NCCc2c1[nH]c1ccc(C(=O)N3CCC(Cc4ccccc4)CC3)cc21. The summed E-state index contributed by atoms with van der Waals surface area (Å²) in [6, 6.07) is 49.5. The van der Waals surface area contributed by atoms with Crippen molar-refractivity contribution >= 4 is 126 Å². The monoisotopic (exact) mass is 1680 g/mol. The fourth-order valence-corrected chi connectivity index (χ4v) is 16.9. The Morgan fingerprint density at radius 2 is 0.790 bits per heavy atom. The van der Waals surface area contributed by atoms with Crippen LogP contribution in [0.25, 0.3) is 43.6 Å². The first-order chi connectivity index (χ1) is 60.2. The number of nitrogens with zero attached hydrogens (tertiary/aromatic N) is 3. The summed E-state index contributed by atoms with van der Waals surface area (Å²) in [5.41, 5.74) is 19.3. The van der Waals surface area contributed by atoms with Gasteiger partial charge in [0, 0.05) is 120 Å². The molecule has 0 aliphatic carbocycles. The molecule has 4 saturated heterocycles. The Balaban J connectivity index is 0.000000124.